The van der Waals surface area contributed by atoms with Gasteiger partial charge < -0.3 is 15.2 Å². The lowest BCUT2D eigenvalue weighted by Gasteiger charge is -2.09. The minimum atomic E-state index is -0.121. The van der Waals surface area contributed by atoms with Crippen molar-refractivity contribution in [3.8, 4) is 0 Å². The fraction of sp³-hybridized carbons (Fsp3) is 0.889. The zero-order valence-corrected chi connectivity index (χ0v) is 7.83. The molecule has 0 radical (unpaired) electrons. The van der Waals surface area contributed by atoms with E-state index in [2.05, 4.69) is 0 Å². The van der Waals surface area contributed by atoms with Gasteiger partial charge in [-0.25, -0.2) is 0 Å². The van der Waals surface area contributed by atoms with E-state index in [0.717, 1.165) is 19.3 Å². The monoisotopic (exact) mass is 187 g/mol. The molecule has 0 amide bonds. The maximum absolute atomic E-state index is 11.2. The van der Waals surface area contributed by atoms with Crippen molar-refractivity contribution in [1.82, 2.24) is 0 Å². The van der Waals surface area contributed by atoms with Gasteiger partial charge in [-0.2, -0.15) is 0 Å². The van der Waals surface area contributed by atoms with Gasteiger partial charge in [-0.05, 0) is 19.4 Å². The Morgan fingerprint density at radius 3 is 3.00 bits per heavy atom. The van der Waals surface area contributed by atoms with E-state index in [1.165, 1.54) is 0 Å². The van der Waals surface area contributed by atoms with Gasteiger partial charge in [0.25, 0.3) is 0 Å². The molecular weight excluding hydrogens is 170 g/mol. The molecular formula is C9H17NO3. The van der Waals surface area contributed by atoms with Crippen LogP contribution in [-0.2, 0) is 14.3 Å². The molecule has 1 aliphatic rings. The molecule has 2 N–H and O–H groups in total. The lowest BCUT2D eigenvalue weighted by atomic mass is 10.2. The Kier molecular flexibility index (Phi) is 4.78. The largest absolute Gasteiger partial charge is 0.460 e. The first kappa shape index (κ1) is 10.5. The highest BCUT2D eigenvalue weighted by atomic mass is 16.6. The van der Waals surface area contributed by atoms with Crippen molar-refractivity contribution in [2.45, 2.75) is 31.8 Å². The predicted molar refractivity (Wildman–Crippen MR) is 48.2 cm³/mol. The smallest absolute Gasteiger partial charge is 0.306 e. The molecule has 1 heterocycles. The van der Waals surface area contributed by atoms with Crippen LogP contribution in [0.4, 0.5) is 0 Å². The number of rotatable bonds is 5. The van der Waals surface area contributed by atoms with Crippen molar-refractivity contribution in [2.24, 2.45) is 5.73 Å². The van der Waals surface area contributed by atoms with E-state index in [0.29, 0.717) is 26.2 Å². The van der Waals surface area contributed by atoms with Crippen LogP contribution in [-0.4, -0.2) is 31.8 Å². The van der Waals surface area contributed by atoms with Crippen LogP contribution in [0, 0.1) is 0 Å². The van der Waals surface area contributed by atoms with E-state index >= 15 is 0 Å². The summed E-state index contributed by atoms with van der Waals surface area (Å²) in [6, 6.07) is 0. The molecule has 0 aliphatic carbocycles. The number of nitrogens with two attached hydrogens (primary N) is 1. The fourth-order valence-corrected chi connectivity index (χ4v) is 1.26. The van der Waals surface area contributed by atoms with Crippen LogP contribution in [0.15, 0.2) is 0 Å². The molecule has 0 spiro atoms. The summed E-state index contributed by atoms with van der Waals surface area (Å²) in [5.41, 5.74) is 5.31. The zero-order valence-electron chi connectivity index (χ0n) is 7.83. The molecule has 0 saturated carbocycles. The SMILES string of the molecule is NCCCCC(=O)OC1CCOC1. The van der Waals surface area contributed by atoms with Crippen molar-refractivity contribution in [3.05, 3.63) is 0 Å². The van der Waals surface area contributed by atoms with Gasteiger partial charge in [-0.15, -0.1) is 0 Å². The standard InChI is InChI=1S/C9H17NO3/c10-5-2-1-3-9(11)13-8-4-6-12-7-8/h8H,1-7,10H2. The maximum atomic E-state index is 11.2. The van der Waals surface area contributed by atoms with Crippen LogP contribution in [0.5, 0.6) is 0 Å². The number of carbonyl (C=O) groups excluding carboxylic acids is 1. The molecule has 0 aromatic rings. The molecule has 1 atom stereocenters. The Morgan fingerprint density at radius 2 is 2.38 bits per heavy atom. The lowest BCUT2D eigenvalue weighted by Crippen LogP contribution is -2.17. The Morgan fingerprint density at radius 1 is 1.54 bits per heavy atom. The first-order chi connectivity index (χ1) is 6.33. The van der Waals surface area contributed by atoms with Crippen LogP contribution in [0.3, 0.4) is 0 Å². The summed E-state index contributed by atoms with van der Waals surface area (Å²) in [4.78, 5) is 11.2. The van der Waals surface area contributed by atoms with E-state index < -0.39 is 0 Å². The number of ether oxygens (including phenoxy) is 2. The van der Waals surface area contributed by atoms with E-state index in [1.54, 1.807) is 0 Å². The molecule has 1 saturated heterocycles. The third kappa shape index (κ3) is 4.24. The number of hydrogen-bond acceptors (Lipinski definition) is 4. The third-order valence-electron chi connectivity index (χ3n) is 2.02. The molecule has 13 heavy (non-hydrogen) atoms. The summed E-state index contributed by atoms with van der Waals surface area (Å²) in [6.07, 6.45) is 3.01. The van der Waals surface area contributed by atoms with Crippen LogP contribution in [0.1, 0.15) is 25.7 Å². The Hall–Kier alpha value is -0.610. The van der Waals surface area contributed by atoms with E-state index in [-0.39, 0.29) is 12.1 Å². The van der Waals surface area contributed by atoms with Crippen LogP contribution >= 0.6 is 0 Å². The Labute approximate surface area is 78.4 Å². The molecule has 4 heteroatoms. The van der Waals surface area contributed by atoms with Crippen LogP contribution in [0.2, 0.25) is 0 Å². The van der Waals surface area contributed by atoms with E-state index in [4.69, 9.17) is 15.2 Å². The molecule has 1 rings (SSSR count). The first-order valence-corrected chi connectivity index (χ1v) is 4.80. The van der Waals surface area contributed by atoms with Crippen LogP contribution in [0.25, 0.3) is 0 Å². The van der Waals surface area contributed by atoms with Gasteiger partial charge in [0, 0.05) is 12.8 Å². The molecule has 1 aliphatic heterocycles. The lowest BCUT2D eigenvalue weighted by molar-refractivity contribution is -0.149. The predicted octanol–water partition coefficient (Wildman–Crippen LogP) is 0.448. The summed E-state index contributed by atoms with van der Waals surface area (Å²) in [6.45, 7) is 1.91. The topological polar surface area (TPSA) is 61.6 Å². The van der Waals surface area contributed by atoms with Gasteiger partial charge in [0.15, 0.2) is 0 Å². The Balaban J connectivity index is 2.02. The third-order valence-corrected chi connectivity index (χ3v) is 2.02. The quantitative estimate of drug-likeness (QED) is 0.501. The normalized spacial score (nSPS) is 21.8. The number of unbranched alkanes of at least 4 members (excludes halogenated alkanes) is 1. The highest BCUT2D eigenvalue weighted by Crippen LogP contribution is 2.09. The number of hydrogen-bond donors (Lipinski definition) is 1. The van der Waals surface area contributed by atoms with Gasteiger partial charge in [0.05, 0.1) is 13.2 Å². The molecule has 0 bridgehead atoms. The molecule has 0 aromatic heterocycles. The second kappa shape index (κ2) is 5.94. The van der Waals surface area contributed by atoms with Crippen LogP contribution < -0.4 is 5.73 Å². The maximum Gasteiger partial charge on any atom is 0.306 e. The fourth-order valence-electron chi connectivity index (χ4n) is 1.26. The van der Waals surface area contributed by atoms with Crippen molar-refractivity contribution < 1.29 is 14.3 Å². The number of carbonyl (C=O) groups is 1. The summed E-state index contributed by atoms with van der Waals surface area (Å²) in [7, 11) is 0. The van der Waals surface area contributed by atoms with Gasteiger partial charge in [-0.3, -0.25) is 4.79 Å². The second-order valence-electron chi connectivity index (χ2n) is 3.22. The van der Waals surface area contributed by atoms with Crippen molar-refractivity contribution >= 4 is 5.97 Å². The second-order valence-corrected chi connectivity index (χ2v) is 3.22. The van der Waals surface area contributed by atoms with Gasteiger partial charge >= 0.3 is 5.97 Å². The summed E-state index contributed by atoms with van der Waals surface area (Å²) < 4.78 is 10.2. The zero-order chi connectivity index (χ0) is 9.52. The summed E-state index contributed by atoms with van der Waals surface area (Å²) >= 11 is 0. The highest BCUT2D eigenvalue weighted by molar-refractivity contribution is 5.69. The summed E-state index contributed by atoms with van der Waals surface area (Å²) in [5.74, 6) is -0.121. The van der Waals surface area contributed by atoms with Crippen molar-refractivity contribution in [1.29, 1.82) is 0 Å². The molecule has 76 valence electrons. The summed E-state index contributed by atoms with van der Waals surface area (Å²) in [5, 5.41) is 0. The van der Waals surface area contributed by atoms with Gasteiger partial charge in [0.1, 0.15) is 6.10 Å². The Bertz CT molecular complexity index is 155. The molecule has 1 unspecified atom stereocenters. The van der Waals surface area contributed by atoms with E-state index in [1.807, 2.05) is 0 Å². The molecule has 4 nitrogen and oxygen atoms in total. The van der Waals surface area contributed by atoms with Gasteiger partial charge in [0.2, 0.25) is 0 Å². The molecule has 0 aromatic carbocycles. The number of esters is 1. The highest BCUT2D eigenvalue weighted by Gasteiger charge is 2.19. The average Bonchev–Trinajstić information content (AvgIpc) is 2.57. The first-order valence-electron chi connectivity index (χ1n) is 4.80. The minimum Gasteiger partial charge on any atom is -0.460 e. The van der Waals surface area contributed by atoms with E-state index in [9.17, 15) is 4.79 Å². The molecule has 1 fully saturated rings. The van der Waals surface area contributed by atoms with Crippen molar-refractivity contribution in [3.63, 3.8) is 0 Å². The average molecular weight is 187 g/mol. The van der Waals surface area contributed by atoms with Crippen molar-refractivity contribution in [2.75, 3.05) is 19.8 Å². The van der Waals surface area contributed by atoms with Gasteiger partial charge in [-0.1, -0.05) is 0 Å². The minimum absolute atomic E-state index is 0.00891.